The summed E-state index contributed by atoms with van der Waals surface area (Å²) in [6, 6.07) is 10.2. The third kappa shape index (κ3) is 1.35. The van der Waals surface area contributed by atoms with Crippen molar-refractivity contribution in [2.75, 3.05) is 0 Å². The van der Waals surface area contributed by atoms with Gasteiger partial charge in [-0.15, -0.1) is 0 Å². The zero-order valence-corrected chi connectivity index (χ0v) is 7.78. The number of nitrogens with zero attached hydrogens (tertiary/aromatic N) is 2. The van der Waals surface area contributed by atoms with Gasteiger partial charge in [-0.25, -0.2) is 0 Å². The lowest BCUT2D eigenvalue weighted by atomic mass is 10.1. The lowest BCUT2D eigenvalue weighted by Gasteiger charge is -1.99. The van der Waals surface area contributed by atoms with Crippen molar-refractivity contribution in [3.8, 4) is 11.1 Å². The van der Waals surface area contributed by atoms with E-state index in [1.165, 1.54) is 5.56 Å². The molecule has 65 valence electrons. The molecule has 0 aliphatic carbocycles. The summed E-state index contributed by atoms with van der Waals surface area (Å²) >= 11 is 0. The zero-order chi connectivity index (χ0) is 9.26. The van der Waals surface area contributed by atoms with Crippen LogP contribution in [0.2, 0.25) is 0 Å². The van der Waals surface area contributed by atoms with Gasteiger partial charge in [0, 0.05) is 18.3 Å². The molecule has 0 aliphatic rings. The van der Waals surface area contributed by atoms with Crippen LogP contribution in [0.5, 0.6) is 0 Å². The van der Waals surface area contributed by atoms with Crippen LogP contribution in [0.15, 0.2) is 30.3 Å². The van der Waals surface area contributed by atoms with Gasteiger partial charge in [-0.05, 0) is 12.5 Å². The Hall–Kier alpha value is -1.57. The fourth-order valence-corrected chi connectivity index (χ4v) is 1.32. The van der Waals surface area contributed by atoms with Crippen molar-refractivity contribution in [1.29, 1.82) is 0 Å². The Morgan fingerprint density at radius 2 is 1.92 bits per heavy atom. The van der Waals surface area contributed by atoms with Crippen molar-refractivity contribution >= 4 is 0 Å². The Labute approximate surface area is 77.8 Å². The molecule has 1 aromatic heterocycles. The molecule has 0 saturated heterocycles. The molecule has 1 radical (unpaired) electrons. The minimum Gasteiger partial charge on any atom is -0.272 e. The second kappa shape index (κ2) is 3.05. The maximum atomic E-state index is 4.08. The Kier molecular flexibility index (Phi) is 1.89. The number of hydrogen-bond donors (Lipinski definition) is 0. The minimum atomic E-state index is 1.09. The molecule has 0 saturated carbocycles. The lowest BCUT2D eigenvalue weighted by molar-refractivity contribution is 0.738. The predicted octanol–water partition coefficient (Wildman–Crippen LogP) is 2.20. The molecule has 1 heterocycles. The zero-order valence-electron chi connectivity index (χ0n) is 7.78. The summed E-state index contributed by atoms with van der Waals surface area (Å²) in [4.78, 5) is 0. The van der Waals surface area contributed by atoms with Crippen LogP contribution in [-0.4, -0.2) is 9.78 Å². The van der Waals surface area contributed by atoms with E-state index in [1.807, 2.05) is 36.9 Å². The predicted molar refractivity (Wildman–Crippen MR) is 52.2 cm³/mol. The maximum Gasteiger partial charge on any atom is 0.121 e. The van der Waals surface area contributed by atoms with Crippen LogP contribution in [0.25, 0.3) is 11.1 Å². The van der Waals surface area contributed by atoms with Crippen LogP contribution < -0.4 is 0 Å². The van der Waals surface area contributed by atoms with Crippen molar-refractivity contribution in [2.24, 2.45) is 7.05 Å². The quantitative estimate of drug-likeness (QED) is 0.643. The normalized spacial score (nSPS) is 10.3. The Morgan fingerprint density at radius 1 is 1.23 bits per heavy atom. The van der Waals surface area contributed by atoms with Crippen molar-refractivity contribution < 1.29 is 0 Å². The smallest absolute Gasteiger partial charge is 0.121 e. The molecule has 0 aliphatic heterocycles. The van der Waals surface area contributed by atoms with Gasteiger partial charge in [-0.3, -0.25) is 4.68 Å². The van der Waals surface area contributed by atoms with Gasteiger partial charge in [0.1, 0.15) is 6.20 Å². The van der Waals surface area contributed by atoms with Crippen LogP contribution in [0.4, 0.5) is 0 Å². The molecule has 0 amide bonds. The summed E-state index contributed by atoms with van der Waals surface area (Å²) in [5, 5.41) is 4.08. The van der Waals surface area contributed by atoms with Crippen LogP contribution in [0.1, 0.15) is 5.69 Å². The van der Waals surface area contributed by atoms with Crippen LogP contribution in [0, 0.1) is 13.1 Å². The maximum absolute atomic E-state index is 4.08. The number of benzene rings is 1. The average Bonchev–Trinajstić information content (AvgIpc) is 2.49. The van der Waals surface area contributed by atoms with Gasteiger partial charge in [-0.1, -0.05) is 30.3 Å². The van der Waals surface area contributed by atoms with Crippen molar-refractivity contribution in [2.45, 2.75) is 6.92 Å². The van der Waals surface area contributed by atoms with Crippen LogP contribution in [0.3, 0.4) is 0 Å². The number of rotatable bonds is 1. The molecule has 2 aromatic rings. The summed E-state index contributed by atoms with van der Waals surface area (Å²) < 4.78 is 1.84. The van der Waals surface area contributed by atoms with E-state index in [0.717, 1.165) is 11.3 Å². The number of aryl methyl sites for hydroxylation is 1. The average molecular weight is 171 g/mol. The molecule has 0 atom stereocenters. The molecule has 0 fully saturated rings. The van der Waals surface area contributed by atoms with E-state index in [0.29, 0.717) is 0 Å². The van der Waals surface area contributed by atoms with Crippen LogP contribution >= 0.6 is 0 Å². The van der Waals surface area contributed by atoms with Gasteiger partial charge in [0.15, 0.2) is 0 Å². The van der Waals surface area contributed by atoms with E-state index in [2.05, 4.69) is 23.4 Å². The monoisotopic (exact) mass is 171 g/mol. The number of hydrogen-bond acceptors (Lipinski definition) is 1. The van der Waals surface area contributed by atoms with Gasteiger partial charge < -0.3 is 0 Å². The molecular formula is C11H11N2. The standard InChI is InChI=1S/C11H11N2/c1-9-11(8-12-13(9)2)10-6-4-3-5-7-10/h3-7H,1-2H3. The molecule has 0 spiro atoms. The second-order valence-corrected chi connectivity index (χ2v) is 3.06. The SMILES string of the molecule is Cc1c(-c2ccccc2)[c]nn1C. The third-order valence-electron chi connectivity index (χ3n) is 2.22. The molecule has 2 rings (SSSR count). The first kappa shape index (κ1) is 8.05. The summed E-state index contributed by atoms with van der Waals surface area (Å²) in [5.74, 6) is 0. The van der Waals surface area contributed by atoms with Crippen molar-refractivity contribution in [3.05, 3.63) is 42.2 Å². The fraction of sp³-hybridized carbons (Fsp3) is 0.182. The van der Waals surface area contributed by atoms with Crippen LogP contribution in [-0.2, 0) is 7.05 Å². The van der Waals surface area contributed by atoms with Crippen molar-refractivity contribution in [3.63, 3.8) is 0 Å². The van der Waals surface area contributed by atoms with Gasteiger partial charge >= 0.3 is 0 Å². The molecular weight excluding hydrogens is 160 g/mol. The molecule has 2 nitrogen and oxygen atoms in total. The van der Waals surface area contributed by atoms with Gasteiger partial charge in [0.2, 0.25) is 0 Å². The highest BCUT2D eigenvalue weighted by atomic mass is 15.3. The highest BCUT2D eigenvalue weighted by molar-refractivity contribution is 5.64. The van der Waals surface area contributed by atoms with E-state index in [1.54, 1.807) is 0 Å². The summed E-state index contributed by atoms with van der Waals surface area (Å²) in [6.45, 7) is 2.05. The van der Waals surface area contributed by atoms with E-state index < -0.39 is 0 Å². The molecule has 2 heteroatoms. The van der Waals surface area contributed by atoms with E-state index in [4.69, 9.17) is 0 Å². The molecule has 0 unspecified atom stereocenters. The highest BCUT2D eigenvalue weighted by Gasteiger charge is 2.05. The fourth-order valence-electron chi connectivity index (χ4n) is 1.32. The summed E-state index contributed by atoms with van der Waals surface area (Å²) in [5.41, 5.74) is 3.41. The minimum absolute atomic E-state index is 1.09. The van der Waals surface area contributed by atoms with Gasteiger partial charge in [0.05, 0.1) is 0 Å². The largest absolute Gasteiger partial charge is 0.272 e. The molecule has 13 heavy (non-hydrogen) atoms. The highest BCUT2D eigenvalue weighted by Crippen LogP contribution is 2.20. The summed E-state index contributed by atoms with van der Waals surface area (Å²) in [6.07, 6.45) is 3.00. The third-order valence-corrected chi connectivity index (χ3v) is 2.22. The second-order valence-electron chi connectivity index (χ2n) is 3.06. The van der Waals surface area contributed by atoms with Gasteiger partial charge in [0.25, 0.3) is 0 Å². The van der Waals surface area contributed by atoms with Crippen molar-refractivity contribution in [1.82, 2.24) is 9.78 Å². The Morgan fingerprint density at radius 3 is 2.46 bits per heavy atom. The first-order valence-corrected chi connectivity index (χ1v) is 4.26. The Bertz CT molecular complexity index is 401. The first-order chi connectivity index (χ1) is 6.29. The van der Waals surface area contributed by atoms with Gasteiger partial charge in [-0.2, -0.15) is 5.10 Å². The summed E-state index contributed by atoms with van der Waals surface area (Å²) in [7, 11) is 1.93. The Balaban J connectivity index is 2.53. The van der Waals surface area contributed by atoms with E-state index in [-0.39, 0.29) is 0 Å². The number of aromatic nitrogens is 2. The van der Waals surface area contributed by atoms with E-state index >= 15 is 0 Å². The lowest BCUT2D eigenvalue weighted by Crippen LogP contribution is -1.92. The molecule has 0 N–H and O–H groups in total. The molecule has 0 bridgehead atoms. The van der Waals surface area contributed by atoms with E-state index in [9.17, 15) is 0 Å². The molecule has 1 aromatic carbocycles. The first-order valence-electron chi connectivity index (χ1n) is 4.26. The topological polar surface area (TPSA) is 17.8 Å².